The van der Waals surface area contributed by atoms with Gasteiger partial charge in [0.05, 0.1) is 0 Å². The normalized spacial score (nSPS) is 14.9. The van der Waals surface area contributed by atoms with E-state index in [0.29, 0.717) is 63.3 Å². The Morgan fingerprint density at radius 3 is 0.846 bits per heavy atom. The van der Waals surface area contributed by atoms with E-state index in [1.807, 2.05) is 20.8 Å². The van der Waals surface area contributed by atoms with Gasteiger partial charge in [0.1, 0.15) is 0 Å². The fourth-order valence-electron chi connectivity index (χ4n) is 4.87. The Labute approximate surface area is 247 Å². The Balaban J connectivity index is 0. The average Bonchev–Trinajstić information content (AvgIpc) is 2.87. The predicted octanol–water partition coefficient (Wildman–Crippen LogP) is 9.38. The maximum atomic E-state index is 6.31. The van der Waals surface area contributed by atoms with E-state index >= 15 is 0 Å². The second kappa shape index (κ2) is 20.2. The van der Waals surface area contributed by atoms with Crippen LogP contribution in [-0.2, 0) is 26.6 Å². The number of hydrogen-bond donors (Lipinski definition) is 0. The molecule has 0 rings (SSSR count). The molecule has 0 aliphatic heterocycles. The minimum atomic E-state index is -2.71. The zero-order valence-electron chi connectivity index (χ0n) is 29.1. The van der Waals surface area contributed by atoms with Gasteiger partial charge in [-0.1, -0.05) is 90.0 Å². The molecule has 0 aliphatic rings. The van der Waals surface area contributed by atoms with Gasteiger partial charge >= 0.3 is 17.6 Å². The highest BCUT2D eigenvalue weighted by Crippen LogP contribution is 2.50. The van der Waals surface area contributed by atoms with Gasteiger partial charge in [0.15, 0.2) is 0 Å². The largest absolute Gasteiger partial charge is 0.507 e. The third-order valence-corrected chi connectivity index (χ3v) is 16.2. The molecule has 0 saturated heterocycles. The molecule has 0 aromatic rings. The Kier molecular flexibility index (Phi) is 21.4. The van der Waals surface area contributed by atoms with Crippen molar-refractivity contribution in [3.63, 3.8) is 0 Å². The third kappa shape index (κ3) is 11.8. The lowest BCUT2D eigenvalue weighted by molar-refractivity contribution is 0.0238. The summed E-state index contributed by atoms with van der Waals surface area (Å²) in [4.78, 5) is 0. The van der Waals surface area contributed by atoms with Crippen LogP contribution in [-0.4, -0.2) is 57.3 Å². The lowest BCUT2D eigenvalue weighted by atomic mass is 9.86. The Morgan fingerprint density at radius 1 is 0.436 bits per heavy atom. The molecular weight excluding hydrogens is 525 g/mol. The van der Waals surface area contributed by atoms with Crippen LogP contribution in [0.3, 0.4) is 0 Å². The second-order valence-electron chi connectivity index (χ2n) is 12.5. The van der Waals surface area contributed by atoms with E-state index in [9.17, 15) is 0 Å². The van der Waals surface area contributed by atoms with Crippen molar-refractivity contribution in [3.05, 3.63) is 0 Å². The fraction of sp³-hybridized carbons (Fsp3) is 1.00. The number of hydrogen-bond acceptors (Lipinski definition) is 6. The minimum absolute atomic E-state index is 0.0802. The molecule has 238 valence electrons. The first-order valence-corrected chi connectivity index (χ1v) is 19.4. The molecule has 0 saturated carbocycles. The van der Waals surface area contributed by atoms with Gasteiger partial charge in [0.25, 0.3) is 0 Å². The first kappa shape index (κ1) is 41.3. The summed E-state index contributed by atoms with van der Waals surface area (Å²) in [5.41, 5.74) is 0. The van der Waals surface area contributed by atoms with Crippen molar-refractivity contribution < 1.29 is 26.6 Å². The molecular formula is C31H70O6Si2. The van der Waals surface area contributed by atoms with E-state index in [2.05, 4.69) is 90.0 Å². The topological polar surface area (TPSA) is 55.4 Å². The Bertz CT molecular complexity index is 559. The first-order chi connectivity index (χ1) is 18.1. The molecule has 0 heterocycles. The van der Waals surface area contributed by atoms with Crippen LogP contribution in [0, 0.1) is 23.7 Å². The van der Waals surface area contributed by atoms with Crippen LogP contribution < -0.4 is 0 Å². The standard InChI is InChI=1S/C17H38O3Si.C14H32O3Si/c1-9-12-18-21(19-13-10-2,20-14-11-3)17(7,8)16(6)15(4)5;1-9-15-18(16-10-2,17-11-3)14(7,8)13(6)12(4)5/h15-16H,9-14H2,1-8H3;12-13H,9-11H2,1-8H3. The Hall–Kier alpha value is 0.194. The maximum absolute atomic E-state index is 6.31. The summed E-state index contributed by atoms with van der Waals surface area (Å²) in [5.74, 6) is 2.12. The zero-order valence-corrected chi connectivity index (χ0v) is 31.1. The van der Waals surface area contributed by atoms with Crippen LogP contribution >= 0.6 is 0 Å². The summed E-state index contributed by atoms with van der Waals surface area (Å²) < 4.78 is 37.1. The van der Waals surface area contributed by atoms with Crippen LogP contribution in [0.25, 0.3) is 0 Å². The van der Waals surface area contributed by atoms with Crippen molar-refractivity contribution in [2.75, 3.05) is 39.6 Å². The van der Waals surface area contributed by atoms with Gasteiger partial charge in [-0.15, -0.1) is 0 Å². The van der Waals surface area contributed by atoms with Gasteiger partial charge in [-0.25, -0.2) is 0 Å². The summed E-state index contributed by atoms with van der Waals surface area (Å²) in [5, 5.41) is -0.163. The van der Waals surface area contributed by atoms with Crippen molar-refractivity contribution in [3.8, 4) is 0 Å². The summed E-state index contributed by atoms with van der Waals surface area (Å²) in [7, 11) is -5.36. The molecule has 0 N–H and O–H groups in total. The minimum Gasteiger partial charge on any atom is -0.373 e. The van der Waals surface area contributed by atoms with Gasteiger partial charge < -0.3 is 26.6 Å². The predicted molar refractivity (Wildman–Crippen MR) is 171 cm³/mol. The van der Waals surface area contributed by atoms with Gasteiger partial charge in [-0.05, 0) is 63.7 Å². The molecule has 0 aromatic carbocycles. The average molecular weight is 595 g/mol. The zero-order chi connectivity index (χ0) is 30.9. The summed E-state index contributed by atoms with van der Waals surface area (Å²) >= 11 is 0. The third-order valence-electron chi connectivity index (χ3n) is 8.35. The molecule has 6 nitrogen and oxygen atoms in total. The monoisotopic (exact) mass is 594 g/mol. The molecule has 0 amide bonds. The highest BCUT2D eigenvalue weighted by molar-refractivity contribution is 6.64. The second-order valence-corrected chi connectivity index (χ2v) is 19.0. The summed E-state index contributed by atoms with van der Waals surface area (Å²) in [6, 6.07) is 0. The molecule has 0 bridgehead atoms. The van der Waals surface area contributed by atoms with Gasteiger partial charge in [-0.3, -0.25) is 0 Å². The highest BCUT2D eigenvalue weighted by atomic mass is 28.4. The van der Waals surface area contributed by atoms with Crippen molar-refractivity contribution in [1.29, 1.82) is 0 Å². The van der Waals surface area contributed by atoms with E-state index in [0.717, 1.165) is 19.3 Å². The molecule has 2 unspecified atom stereocenters. The first-order valence-electron chi connectivity index (χ1n) is 15.9. The molecule has 0 radical (unpaired) electrons. The molecule has 0 spiro atoms. The highest BCUT2D eigenvalue weighted by Gasteiger charge is 2.59. The van der Waals surface area contributed by atoms with E-state index in [4.69, 9.17) is 26.6 Å². The van der Waals surface area contributed by atoms with Crippen molar-refractivity contribution >= 4 is 17.6 Å². The van der Waals surface area contributed by atoms with Gasteiger partial charge in [0, 0.05) is 49.7 Å². The van der Waals surface area contributed by atoms with Crippen LogP contribution in [0.2, 0.25) is 10.1 Å². The molecule has 0 aromatic heterocycles. The lowest BCUT2D eigenvalue weighted by Gasteiger charge is -2.46. The van der Waals surface area contributed by atoms with E-state index in [-0.39, 0.29) is 10.1 Å². The van der Waals surface area contributed by atoms with Crippen molar-refractivity contribution in [1.82, 2.24) is 0 Å². The molecule has 39 heavy (non-hydrogen) atoms. The van der Waals surface area contributed by atoms with Crippen LogP contribution in [0.1, 0.15) is 130 Å². The molecule has 0 fully saturated rings. The van der Waals surface area contributed by atoms with Gasteiger partial charge in [-0.2, -0.15) is 0 Å². The van der Waals surface area contributed by atoms with Gasteiger partial charge in [0.2, 0.25) is 0 Å². The smallest absolute Gasteiger partial charge is 0.373 e. The van der Waals surface area contributed by atoms with E-state index < -0.39 is 17.6 Å². The van der Waals surface area contributed by atoms with Crippen molar-refractivity contribution in [2.45, 2.75) is 140 Å². The summed E-state index contributed by atoms with van der Waals surface area (Å²) in [6.07, 6.45) is 2.98. The van der Waals surface area contributed by atoms with E-state index in [1.54, 1.807) is 0 Å². The van der Waals surface area contributed by atoms with E-state index in [1.165, 1.54) is 0 Å². The van der Waals surface area contributed by atoms with Crippen LogP contribution in [0.15, 0.2) is 0 Å². The van der Waals surface area contributed by atoms with Crippen molar-refractivity contribution in [2.24, 2.45) is 23.7 Å². The maximum Gasteiger partial charge on any atom is 0.507 e. The SMILES string of the molecule is CCCO[Si](OCCC)(OCCC)C(C)(C)C(C)C(C)C.CCO[Si](OCC)(OCC)C(C)(C)C(C)C(C)C. The molecule has 0 aliphatic carbocycles. The summed E-state index contributed by atoms with van der Waals surface area (Å²) in [6.45, 7) is 39.1. The van der Waals surface area contributed by atoms with Crippen LogP contribution in [0.4, 0.5) is 0 Å². The lowest BCUT2D eigenvalue weighted by Crippen LogP contribution is -2.57. The fourth-order valence-corrected chi connectivity index (χ4v) is 11.9. The Morgan fingerprint density at radius 2 is 0.667 bits per heavy atom. The quantitative estimate of drug-likeness (QED) is 0.123. The molecule has 8 heteroatoms. The van der Waals surface area contributed by atoms with Crippen LogP contribution in [0.5, 0.6) is 0 Å². The molecule has 2 atom stereocenters. The number of rotatable bonds is 21.